The van der Waals surface area contributed by atoms with Gasteiger partial charge in [-0.3, -0.25) is 9.78 Å². The van der Waals surface area contributed by atoms with Crippen molar-refractivity contribution in [2.24, 2.45) is 0 Å². The number of carbonyl (C=O) groups is 1. The van der Waals surface area contributed by atoms with Crippen LogP contribution in [0.5, 0.6) is 0 Å². The summed E-state index contributed by atoms with van der Waals surface area (Å²) in [5.41, 5.74) is 1.58. The molecule has 0 radical (unpaired) electrons. The van der Waals surface area contributed by atoms with E-state index >= 15 is 0 Å². The van der Waals surface area contributed by atoms with Crippen LogP contribution in [0.4, 0.5) is 5.69 Å². The van der Waals surface area contributed by atoms with Gasteiger partial charge in [-0.25, -0.2) is 4.68 Å². The van der Waals surface area contributed by atoms with E-state index in [-0.39, 0.29) is 5.91 Å². The molecule has 0 saturated heterocycles. The second-order valence-electron chi connectivity index (χ2n) is 3.58. The van der Waals surface area contributed by atoms with Crippen LogP contribution in [-0.4, -0.2) is 27.7 Å². The lowest BCUT2D eigenvalue weighted by Gasteiger charge is -2.10. The molecule has 17 heavy (non-hydrogen) atoms. The van der Waals surface area contributed by atoms with Crippen molar-refractivity contribution < 1.29 is 4.79 Å². The lowest BCUT2D eigenvalue weighted by Crippen LogP contribution is -2.22. The van der Waals surface area contributed by atoms with Gasteiger partial charge in [-0.15, -0.1) is 0 Å². The van der Waals surface area contributed by atoms with Crippen LogP contribution in [0, 0.1) is 0 Å². The number of hydrogen-bond acceptors (Lipinski definition) is 3. The molecule has 2 aromatic rings. The topological polar surface area (TPSA) is 51.0 Å². The maximum absolute atomic E-state index is 11.2. The van der Waals surface area contributed by atoms with Crippen LogP contribution < -0.4 is 4.90 Å². The van der Waals surface area contributed by atoms with Crippen LogP contribution >= 0.6 is 15.9 Å². The zero-order chi connectivity index (χ0) is 12.4. The molecule has 2 rings (SSSR count). The number of halogens is 1. The summed E-state index contributed by atoms with van der Waals surface area (Å²) in [4.78, 5) is 16.8. The molecule has 0 unspecified atom stereocenters. The number of amides is 1. The van der Waals surface area contributed by atoms with E-state index in [9.17, 15) is 4.79 Å². The second-order valence-corrected chi connectivity index (χ2v) is 4.50. The van der Waals surface area contributed by atoms with E-state index in [1.54, 1.807) is 36.5 Å². The second kappa shape index (κ2) is 4.67. The minimum absolute atomic E-state index is 0.0306. The largest absolute Gasteiger partial charge is 0.313 e. The third kappa shape index (κ3) is 2.52. The van der Waals surface area contributed by atoms with Crippen LogP contribution in [0.15, 0.2) is 35.3 Å². The third-order valence-electron chi connectivity index (χ3n) is 2.38. The van der Waals surface area contributed by atoms with Gasteiger partial charge in [0.2, 0.25) is 5.91 Å². The average Bonchev–Trinajstić information content (AvgIpc) is 2.77. The standard InChI is InChI=1S/C11H11BrN4O/c1-8(17)15(2)11-6-14-16(7-11)10-3-9(12)4-13-5-10/h3-7H,1-2H3. The third-order valence-corrected chi connectivity index (χ3v) is 2.82. The van der Waals surface area contributed by atoms with E-state index in [4.69, 9.17) is 0 Å². The van der Waals surface area contributed by atoms with Gasteiger partial charge in [0.25, 0.3) is 0 Å². The molecule has 0 aliphatic carbocycles. The maximum atomic E-state index is 11.2. The molecule has 1 amide bonds. The molecule has 88 valence electrons. The first-order chi connectivity index (χ1) is 8.08. The van der Waals surface area contributed by atoms with Gasteiger partial charge in [0, 0.05) is 24.6 Å². The van der Waals surface area contributed by atoms with Crippen LogP contribution in [0.2, 0.25) is 0 Å². The number of hydrogen-bond donors (Lipinski definition) is 0. The molecule has 2 heterocycles. The van der Waals surface area contributed by atoms with Gasteiger partial charge in [-0.05, 0) is 22.0 Å². The molecule has 0 atom stereocenters. The number of anilines is 1. The summed E-state index contributed by atoms with van der Waals surface area (Å²) in [5, 5.41) is 4.19. The van der Waals surface area contributed by atoms with E-state index in [1.165, 1.54) is 11.8 Å². The van der Waals surface area contributed by atoms with Gasteiger partial charge >= 0.3 is 0 Å². The van der Waals surface area contributed by atoms with Crippen molar-refractivity contribution in [3.05, 3.63) is 35.3 Å². The monoisotopic (exact) mass is 294 g/mol. The van der Waals surface area contributed by atoms with Gasteiger partial charge in [-0.2, -0.15) is 5.10 Å². The fraction of sp³-hybridized carbons (Fsp3) is 0.182. The van der Waals surface area contributed by atoms with E-state index < -0.39 is 0 Å². The van der Waals surface area contributed by atoms with Crippen molar-refractivity contribution in [2.45, 2.75) is 6.92 Å². The minimum Gasteiger partial charge on any atom is -0.313 e. The highest BCUT2D eigenvalue weighted by atomic mass is 79.9. The Morgan fingerprint density at radius 2 is 2.18 bits per heavy atom. The Morgan fingerprint density at radius 1 is 1.41 bits per heavy atom. The molecule has 0 aromatic carbocycles. The van der Waals surface area contributed by atoms with Gasteiger partial charge in [-0.1, -0.05) is 0 Å². The Morgan fingerprint density at radius 3 is 2.82 bits per heavy atom. The number of pyridine rings is 1. The number of carbonyl (C=O) groups excluding carboxylic acids is 1. The highest BCUT2D eigenvalue weighted by Crippen LogP contribution is 2.17. The van der Waals surface area contributed by atoms with E-state index in [2.05, 4.69) is 26.0 Å². The quantitative estimate of drug-likeness (QED) is 0.851. The van der Waals surface area contributed by atoms with Crippen molar-refractivity contribution in [2.75, 3.05) is 11.9 Å². The molecular weight excluding hydrogens is 284 g/mol. The average molecular weight is 295 g/mol. The fourth-order valence-corrected chi connectivity index (χ4v) is 1.69. The SMILES string of the molecule is CC(=O)N(C)c1cnn(-c2cncc(Br)c2)c1. The van der Waals surface area contributed by atoms with Crippen molar-refractivity contribution in [3.8, 4) is 5.69 Å². The summed E-state index contributed by atoms with van der Waals surface area (Å²) in [6.45, 7) is 1.51. The first kappa shape index (κ1) is 11.8. The Balaban J connectivity index is 2.33. The highest BCUT2D eigenvalue weighted by molar-refractivity contribution is 9.10. The molecule has 0 aliphatic rings. The summed E-state index contributed by atoms with van der Waals surface area (Å²) in [6, 6.07) is 1.90. The predicted octanol–water partition coefficient (Wildman–Crippen LogP) is 2.01. The molecule has 6 heteroatoms. The molecule has 0 saturated carbocycles. The summed E-state index contributed by atoms with van der Waals surface area (Å²) in [5.74, 6) is -0.0306. The molecule has 0 fully saturated rings. The predicted molar refractivity (Wildman–Crippen MR) is 68.1 cm³/mol. The van der Waals surface area contributed by atoms with E-state index in [0.717, 1.165) is 15.8 Å². The minimum atomic E-state index is -0.0306. The zero-order valence-electron chi connectivity index (χ0n) is 9.46. The Labute approximate surface area is 107 Å². The molecule has 2 aromatic heterocycles. The lowest BCUT2D eigenvalue weighted by atomic mass is 10.4. The van der Waals surface area contributed by atoms with Crippen molar-refractivity contribution in [1.82, 2.24) is 14.8 Å². The summed E-state index contributed by atoms with van der Waals surface area (Å²) in [7, 11) is 1.71. The molecule has 0 bridgehead atoms. The zero-order valence-corrected chi connectivity index (χ0v) is 11.0. The Bertz CT molecular complexity index is 552. The smallest absolute Gasteiger partial charge is 0.223 e. The molecule has 5 nitrogen and oxygen atoms in total. The van der Waals surface area contributed by atoms with Crippen LogP contribution in [0.3, 0.4) is 0 Å². The van der Waals surface area contributed by atoms with E-state index in [1.807, 2.05) is 6.07 Å². The Kier molecular flexibility index (Phi) is 3.23. The summed E-state index contributed by atoms with van der Waals surface area (Å²) >= 11 is 3.35. The molecule has 0 spiro atoms. The Hall–Kier alpha value is -1.69. The maximum Gasteiger partial charge on any atom is 0.223 e. The fourth-order valence-electron chi connectivity index (χ4n) is 1.34. The molecular formula is C11H11BrN4O. The highest BCUT2D eigenvalue weighted by Gasteiger charge is 2.08. The normalized spacial score (nSPS) is 10.3. The van der Waals surface area contributed by atoms with E-state index in [0.29, 0.717) is 0 Å². The van der Waals surface area contributed by atoms with Gasteiger partial charge in [0.05, 0.1) is 30.0 Å². The number of nitrogens with zero attached hydrogens (tertiary/aromatic N) is 4. The van der Waals surface area contributed by atoms with Crippen LogP contribution in [0.1, 0.15) is 6.92 Å². The summed E-state index contributed by atoms with van der Waals surface area (Å²) in [6.07, 6.45) is 6.83. The van der Waals surface area contributed by atoms with Crippen molar-refractivity contribution >= 4 is 27.5 Å². The van der Waals surface area contributed by atoms with Crippen LogP contribution in [-0.2, 0) is 4.79 Å². The first-order valence-corrected chi connectivity index (χ1v) is 5.77. The molecule has 0 aliphatic heterocycles. The van der Waals surface area contributed by atoms with Gasteiger partial charge in [0.15, 0.2) is 0 Å². The first-order valence-electron chi connectivity index (χ1n) is 4.98. The van der Waals surface area contributed by atoms with Gasteiger partial charge < -0.3 is 4.90 Å². The lowest BCUT2D eigenvalue weighted by molar-refractivity contribution is -0.116. The van der Waals surface area contributed by atoms with Crippen molar-refractivity contribution in [1.29, 1.82) is 0 Å². The number of rotatable bonds is 2. The molecule has 0 N–H and O–H groups in total. The van der Waals surface area contributed by atoms with Gasteiger partial charge in [0.1, 0.15) is 0 Å². The number of aromatic nitrogens is 3. The van der Waals surface area contributed by atoms with Crippen LogP contribution in [0.25, 0.3) is 5.69 Å². The summed E-state index contributed by atoms with van der Waals surface area (Å²) < 4.78 is 2.55. The van der Waals surface area contributed by atoms with Crippen molar-refractivity contribution in [3.63, 3.8) is 0 Å².